The first-order valence-electron chi connectivity index (χ1n) is 9.61. The van der Waals surface area contributed by atoms with Crippen molar-refractivity contribution in [2.45, 2.75) is 24.8 Å². The van der Waals surface area contributed by atoms with Crippen molar-refractivity contribution in [3.8, 4) is 5.75 Å². The molecule has 30 heavy (non-hydrogen) atoms. The highest BCUT2D eigenvalue weighted by molar-refractivity contribution is 7.92. The van der Waals surface area contributed by atoms with Gasteiger partial charge < -0.3 is 10.1 Å². The van der Waals surface area contributed by atoms with Gasteiger partial charge in [-0.3, -0.25) is 9.10 Å². The van der Waals surface area contributed by atoms with E-state index in [1.165, 1.54) is 16.4 Å². The van der Waals surface area contributed by atoms with Gasteiger partial charge >= 0.3 is 0 Å². The highest BCUT2D eigenvalue weighted by atomic mass is 32.2. The molecule has 1 aliphatic heterocycles. The Kier molecular flexibility index (Phi) is 5.22. The topological polar surface area (TPSA) is 75.7 Å². The fourth-order valence-corrected chi connectivity index (χ4v) is 4.87. The number of anilines is 2. The van der Waals surface area contributed by atoms with Crippen molar-refractivity contribution in [2.75, 3.05) is 16.2 Å². The van der Waals surface area contributed by atoms with E-state index in [1.807, 2.05) is 32.0 Å². The molecule has 1 unspecified atom stereocenters. The van der Waals surface area contributed by atoms with Crippen LogP contribution in [0.2, 0.25) is 0 Å². The molecule has 0 spiro atoms. The van der Waals surface area contributed by atoms with Gasteiger partial charge in [0.15, 0.2) is 0 Å². The molecule has 1 N–H and O–H groups in total. The quantitative estimate of drug-likeness (QED) is 0.683. The second-order valence-electron chi connectivity index (χ2n) is 7.28. The summed E-state index contributed by atoms with van der Waals surface area (Å²) in [7, 11) is -3.77. The normalized spacial score (nSPS) is 15.8. The first-order valence-corrected chi connectivity index (χ1v) is 11.0. The van der Waals surface area contributed by atoms with Gasteiger partial charge in [0.1, 0.15) is 11.9 Å². The fraction of sp³-hybridized carbons (Fsp3) is 0.174. The molecule has 1 atom stereocenters. The largest absolute Gasteiger partial charge is 0.487 e. The van der Waals surface area contributed by atoms with Crippen LogP contribution >= 0.6 is 0 Å². The van der Waals surface area contributed by atoms with E-state index in [9.17, 15) is 13.2 Å². The molecule has 3 aromatic carbocycles. The Labute approximate surface area is 176 Å². The van der Waals surface area contributed by atoms with Crippen molar-refractivity contribution in [3.63, 3.8) is 0 Å². The Morgan fingerprint density at radius 3 is 2.37 bits per heavy atom. The number of ether oxygens (including phenoxy) is 1. The van der Waals surface area contributed by atoms with Crippen LogP contribution in [-0.2, 0) is 10.0 Å². The predicted molar refractivity (Wildman–Crippen MR) is 117 cm³/mol. The Morgan fingerprint density at radius 1 is 1.00 bits per heavy atom. The Hall–Kier alpha value is -3.32. The molecule has 0 fully saturated rings. The van der Waals surface area contributed by atoms with E-state index in [-0.39, 0.29) is 23.5 Å². The van der Waals surface area contributed by atoms with E-state index >= 15 is 0 Å². The Bertz CT molecular complexity index is 1170. The standard InChI is InChI=1S/C23H22N2O4S/c1-16-7-9-18(10-8-16)23(26)24-19-11-13-20(14-12-19)30(27,28)25-15-17(2)29-22-6-4-3-5-21(22)25/h3-14,17H,15H2,1-2H3,(H,24,26). The summed E-state index contributed by atoms with van der Waals surface area (Å²) >= 11 is 0. The maximum atomic E-state index is 13.3. The number of sulfonamides is 1. The van der Waals surface area contributed by atoms with Crippen molar-refractivity contribution in [2.24, 2.45) is 0 Å². The van der Waals surface area contributed by atoms with Gasteiger partial charge in [-0.15, -0.1) is 0 Å². The Balaban J connectivity index is 1.56. The molecule has 1 heterocycles. The second-order valence-corrected chi connectivity index (χ2v) is 9.14. The molecule has 1 aliphatic rings. The van der Waals surface area contributed by atoms with Crippen LogP contribution in [0.15, 0.2) is 77.7 Å². The van der Waals surface area contributed by atoms with Crippen LogP contribution in [0.1, 0.15) is 22.8 Å². The number of amides is 1. The van der Waals surface area contributed by atoms with Gasteiger partial charge in [0, 0.05) is 11.3 Å². The van der Waals surface area contributed by atoms with Gasteiger partial charge in [0.2, 0.25) is 0 Å². The van der Waals surface area contributed by atoms with Crippen molar-refractivity contribution in [1.82, 2.24) is 0 Å². The van der Waals surface area contributed by atoms with Gasteiger partial charge in [-0.2, -0.15) is 0 Å². The van der Waals surface area contributed by atoms with Gasteiger partial charge in [-0.1, -0.05) is 29.8 Å². The fourth-order valence-electron chi connectivity index (χ4n) is 3.32. The summed E-state index contributed by atoms with van der Waals surface area (Å²) in [6, 6.07) is 20.5. The molecule has 0 saturated carbocycles. The van der Waals surface area contributed by atoms with E-state index < -0.39 is 10.0 Å². The number of para-hydroxylation sites is 2. The van der Waals surface area contributed by atoms with Gasteiger partial charge in [-0.05, 0) is 62.4 Å². The minimum Gasteiger partial charge on any atom is -0.487 e. The van der Waals surface area contributed by atoms with E-state index in [0.29, 0.717) is 22.7 Å². The third kappa shape index (κ3) is 3.89. The Morgan fingerprint density at radius 2 is 1.67 bits per heavy atom. The third-order valence-corrected chi connectivity index (χ3v) is 6.69. The van der Waals surface area contributed by atoms with Crippen LogP contribution in [0.4, 0.5) is 11.4 Å². The molecule has 4 rings (SSSR count). The molecule has 0 aromatic heterocycles. The van der Waals surface area contributed by atoms with E-state index in [2.05, 4.69) is 5.32 Å². The van der Waals surface area contributed by atoms with E-state index in [4.69, 9.17) is 4.74 Å². The van der Waals surface area contributed by atoms with Crippen LogP contribution < -0.4 is 14.4 Å². The van der Waals surface area contributed by atoms with Crippen LogP contribution in [-0.4, -0.2) is 27.0 Å². The van der Waals surface area contributed by atoms with Crippen molar-refractivity contribution in [3.05, 3.63) is 83.9 Å². The zero-order valence-corrected chi connectivity index (χ0v) is 17.5. The van der Waals surface area contributed by atoms with Crippen LogP contribution in [0.25, 0.3) is 0 Å². The van der Waals surface area contributed by atoms with Crippen molar-refractivity contribution < 1.29 is 17.9 Å². The molecule has 0 bridgehead atoms. The highest BCUT2D eigenvalue weighted by Gasteiger charge is 2.32. The molecule has 154 valence electrons. The van der Waals surface area contributed by atoms with Crippen molar-refractivity contribution in [1.29, 1.82) is 0 Å². The first kappa shape index (κ1) is 20.0. The number of rotatable bonds is 4. The zero-order chi connectivity index (χ0) is 21.3. The summed E-state index contributed by atoms with van der Waals surface area (Å²) in [5.41, 5.74) is 2.65. The average Bonchev–Trinajstić information content (AvgIpc) is 2.74. The molecular weight excluding hydrogens is 400 g/mol. The molecule has 7 heteroatoms. The summed E-state index contributed by atoms with van der Waals surface area (Å²) in [5.74, 6) is 0.295. The van der Waals surface area contributed by atoms with Crippen LogP contribution in [0.5, 0.6) is 5.75 Å². The van der Waals surface area contributed by atoms with Gasteiger partial charge in [-0.25, -0.2) is 8.42 Å². The summed E-state index contributed by atoms with van der Waals surface area (Å²) in [6.45, 7) is 4.02. The average molecular weight is 423 g/mol. The van der Waals surface area contributed by atoms with E-state index in [1.54, 1.807) is 42.5 Å². The molecule has 0 aliphatic carbocycles. The maximum Gasteiger partial charge on any atom is 0.264 e. The SMILES string of the molecule is Cc1ccc(C(=O)Nc2ccc(S(=O)(=O)N3CC(C)Oc4ccccc43)cc2)cc1. The molecular formula is C23H22N2O4S. The van der Waals surface area contributed by atoms with E-state index in [0.717, 1.165) is 5.56 Å². The van der Waals surface area contributed by atoms with Gasteiger partial charge in [0.05, 0.1) is 17.1 Å². The molecule has 3 aromatic rings. The smallest absolute Gasteiger partial charge is 0.264 e. The molecule has 1 amide bonds. The summed E-state index contributed by atoms with van der Waals surface area (Å²) < 4.78 is 33.7. The zero-order valence-electron chi connectivity index (χ0n) is 16.7. The minimum atomic E-state index is -3.77. The summed E-state index contributed by atoms with van der Waals surface area (Å²) in [4.78, 5) is 12.5. The third-order valence-electron chi connectivity index (χ3n) is 4.90. The highest BCUT2D eigenvalue weighted by Crippen LogP contribution is 2.36. The number of hydrogen-bond acceptors (Lipinski definition) is 4. The van der Waals surface area contributed by atoms with Gasteiger partial charge in [0.25, 0.3) is 15.9 Å². The number of benzene rings is 3. The summed E-state index contributed by atoms with van der Waals surface area (Å²) in [6.07, 6.45) is -0.261. The number of fused-ring (bicyclic) bond motifs is 1. The lowest BCUT2D eigenvalue weighted by Gasteiger charge is -2.34. The maximum absolute atomic E-state index is 13.3. The summed E-state index contributed by atoms with van der Waals surface area (Å²) in [5, 5.41) is 2.79. The lowest BCUT2D eigenvalue weighted by atomic mass is 10.1. The number of nitrogens with one attached hydrogen (secondary N) is 1. The molecule has 0 saturated heterocycles. The predicted octanol–water partition coefficient (Wildman–Crippen LogP) is 4.22. The van der Waals surface area contributed by atoms with Crippen LogP contribution in [0, 0.1) is 6.92 Å². The monoisotopic (exact) mass is 422 g/mol. The number of hydrogen-bond donors (Lipinski definition) is 1. The number of carbonyl (C=O) groups is 1. The van der Waals surface area contributed by atoms with Crippen LogP contribution in [0.3, 0.4) is 0 Å². The lowest BCUT2D eigenvalue weighted by molar-refractivity contribution is 0.102. The minimum absolute atomic E-state index is 0.153. The first-order chi connectivity index (χ1) is 14.3. The molecule has 0 radical (unpaired) electrons. The number of nitrogens with zero attached hydrogens (tertiary/aromatic N) is 1. The van der Waals surface area contributed by atoms with Crippen molar-refractivity contribution >= 4 is 27.3 Å². The molecule has 6 nitrogen and oxygen atoms in total. The lowest BCUT2D eigenvalue weighted by Crippen LogP contribution is -2.42. The second kappa shape index (κ2) is 7.84. The number of aryl methyl sites for hydroxylation is 1. The number of carbonyl (C=O) groups excluding carboxylic acids is 1.